The molecule has 3 N–H and O–H groups in total. The summed E-state index contributed by atoms with van der Waals surface area (Å²) in [6.07, 6.45) is 2.78. The second-order valence-corrected chi connectivity index (χ2v) is 4.82. The van der Waals surface area contributed by atoms with Crippen molar-refractivity contribution >= 4 is 12.4 Å². The van der Waals surface area contributed by atoms with Crippen LogP contribution in [0, 0.1) is 5.92 Å². The van der Waals surface area contributed by atoms with Crippen LogP contribution in [0.5, 0.6) is 11.5 Å². The van der Waals surface area contributed by atoms with Gasteiger partial charge in [-0.25, -0.2) is 0 Å². The molecule has 0 aliphatic heterocycles. The van der Waals surface area contributed by atoms with Crippen LogP contribution in [0.15, 0.2) is 18.2 Å². The summed E-state index contributed by atoms with van der Waals surface area (Å²) in [6, 6.07) is 5.05. The number of hydrogen-bond acceptors (Lipinski definition) is 4. The Labute approximate surface area is 120 Å². The monoisotopic (exact) mass is 287 g/mol. The molecule has 0 amide bonds. The zero-order chi connectivity index (χ0) is 13.1. The Hall–Kier alpha value is -0.970. The number of ether oxygens (including phenoxy) is 2. The standard InChI is InChI=1S/C14H21NO3.ClH/c1-17-10-6-7-12(18-2)11(8-10)13(15)14(16)9-4-3-5-9;/h6-9,13-14,16H,3-5,15H2,1-2H3;1H/t13-,14+;/m1./s1. The molecule has 2 atom stereocenters. The maximum atomic E-state index is 10.3. The lowest BCUT2D eigenvalue weighted by Gasteiger charge is -2.34. The Morgan fingerprint density at radius 3 is 2.42 bits per heavy atom. The van der Waals surface area contributed by atoms with Gasteiger partial charge in [0.25, 0.3) is 0 Å². The van der Waals surface area contributed by atoms with Crippen molar-refractivity contribution in [2.45, 2.75) is 31.4 Å². The summed E-state index contributed by atoms with van der Waals surface area (Å²) in [5, 5.41) is 10.3. The predicted molar refractivity (Wildman–Crippen MR) is 77.1 cm³/mol. The molecule has 1 aliphatic rings. The van der Waals surface area contributed by atoms with Crippen LogP contribution < -0.4 is 15.2 Å². The van der Waals surface area contributed by atoms with Gasteiger partial charge in [-0.15, -0.1) is 12.4 Å². The molecule has 1 fully saturated rings. The molecule has 0 spiro atoms. The van der Waals surface area contributed by atoms with E-state index >= 15 is 0 Å². The molecule has 4 nitrogen and oxygen atoms in total. The van der Waals surface area contributed by atoms with Crippen LogP contribution in [0.4, 0.5) is 0 Å². The van der Waals surface area contributed by atoms with Crippen molar-refractivity contribution < 1.29 is 14.6 Å². The summed E-state index contributed by atoms with van der Waals surface area (Å²) in [5.74, 6) is 1.74. The highest BCUT2D eigenvalue weighted by molar-refractivity contribution is 5.85. The smallest absolute Gasteiger partial charge is 0.123 e. The zero-order valence-electron chi connectivity index (χ0n) is 11.3. The van der Waals surface area contributed by atoms with E-state index < -0.39 is 12.1 Å². The van der Waals surface area contributed by atoms with E-state index in [2.05, 4.69) is 0 Å². The van der Waals surface area contributed by atoms with Crippen molar-refractivity contribution in [3.05, 3.63) is 23.8 Å². The first-order valence-electron chi connectivity index (χ1n) is 6.33. The molecule has 0 unspecified atom stereocenters. The van der Waals surface area contributed by atoms with Crippen molar-refractivity contribution in [1.29, 1.82) is 0 Å². The average molecular weight is 288 g/mol. The van der Waals surface area contributed by atoms with Crippen molar-refractivity contribution in [2.75, 3.05) is 14.2 Å². The van der Waals surface area contributed by atoms with E-state index in [-0.39, 0.29) is 12.4 Å². The predicted octanol–water partition coefficient (Wildman–Crippen LogP) is 2.29. The number of halogens is 1. The van der Waals surface area contributed by atoms with Crippen LogP contribution in [0.3, 0.4) is 0 Å². The quantitative estimate of drug-likeness (QED) is 0.872. The van der Waals surface area contributed by atoms with Crippen molar-refractivity contribution in [3.63, 3.8) is 0 Å². The third-order valence-corrected chi connectivity index (χ3v) is 3.80. The minimum atomic E-state index is -0.514. The van der Waals surface area contributed by atoms with E-state index in [0.29, 0.717) is 11.7 Å². The number of aliphatic hydroxyl groups excluding tert-OH is 1. The fraction of sp³-hybridized carbons (Fsp3) is 0.571. The van der Waals surface area contributed by atoms with Crippen LogP contribution in [0.2, 0.25) is 0 Å². The number of nitrogens with two attached hydrogens (primary N) is 1. The molecule has 1 aromatic rings. The summed E-state index contributed by atoms with van der Waals surface area (Å²) in [4.78, 5) is 0. The van der Waals surface area contributed by atoms with Gasteiger partial charge in [-0.3, -0.25) is 0 Å². The summed E-state index contributed by atoms with van der Waals surface area (Å²) in [7, 11) is 3.22. The van der Waals surface area contributed by atoms with E-state index in [1.807, 2.05) is 18.2 Å². The van der Waals surface area contributed by atoms with Gasteiger partial charge in [0.2, 0.25) is 0 Å². The summed E-state index contributed by atoms with van der Waals surface area (Å²) in [5.41, 5.74) is 6.97. The van der Waals surface area contributed by atoms with Gasteiger partial charge < -0.3 is 20.3 Å². The lowest BCUT2D eigenvalue weighted by molar-refractivity contribution is 0.0407. The zero-order valence-corrected chi connectivity index (χ0v) is 12.2. The molecular formula is C14H22ClNO3. The molecule has 0 heterocycles. The lowest BCUT2D eigenvalue weighted by Crippen LogP contribution is -2.36. The van der Waals surface area contributed by atoms with Gasteiger partial charge >= 0.3 is 0 Å². The highest BCUT2D eigenvalue weighted by atomic mass is 35.5. The first-order chi connectivity index (χ1) is 8.67. The van der Waals surface area contributed by atoms with Gasteiger partial charge in [-0.05, 0) is 37.0 Å². The molecular weight excluding hydrogens is 266 g/mol. The summed E-state index contributed by atoms with van der Waals surface area (Å²) < 4.78 is 10.5. The van der Waals surface area contributed by atoms with E-state index in [1.54, 1.807) is 14.2 Å². The van der Waals surface area contributed by atoms with Gasteiger partial charge in [0, 0.05) is 5.56 Å². The normalized spacial score (nSPS) is 17.9. The molecule has 0 radical (unpaired) electrons. The van der Waals surface area contributed by atoms with Crippen LogP contribution in [0.1, 0.15) is 30.9 Å². The Morgan fingerprint density at radius 2 is 1.95 bits per heavy atom. The Morgan fingerprint density at radius 1 is 1.26 bits per heavy atom. The summed E-state index contributed by atoms with van der Waals surface area (Å²) >= 11 is 0. The molecule has 1 aliphatic carbocycles. The van der Waals surface area contributed by atoms with Crippen molar-refractivity contribution in [1.82, 2.24) is 0 Å². The topological polar surface area (TPSA) is 64.7 Å². The average Bonchev–Trinajstić information content (AvgIpc) is 2.34. The molecule has 1 saturated carbocycles. The first kappa shape index (κ1) is 16.1. The second kappa shape index (κ2) is 6.98. The van der Waals surface area contributed by atoms with Crippen molar-refractivity contribution in [2.24, 2.45) is 11.7 Å². The molecule has 0 bridgehead atoms. The third-order valence-electron chi connectivity index (χ3n) is 3.80. The van der Waals surface area contributed by atoms with E-state index in [9.17, 15) is 5.11 Å². The summed E-state index contributed by atoms with van der Waals surface area (Å²) in [6.45, 7) is 0. The minimum Gasteiger partial charge on any atom is -0.497 e. The highest BCUT2D eigenvalue weighted by Crippen LogP contribution is 2.37. The van der Waals surface area contributed by atoms with Gasteiger partial charge in [0.1, 0.15) is 11.5 Å². The SMILES string of the molecule is COc1ccc(OC)c([C@@H](N)[C@@H](O)C2CCC2)c1.Cl. The third kappa shape index (κ3) is 3.32. The second-order valence-electron chi connectivity index (χ2n) is 4.82. The number of rotatable bonds is 5. The van der Waals surface area contributed by atoms with Crippen molar-refractivity contribution in [3.8, 4) is 11.5 Å². The number of benzene rings is 1. The van der Waals surface area contributed by atoms with Crippen LogP contribution in [-0.4, -0.2) is 25.4 Å². The lowest BCUT2D eigenvalue weighted by atomic mass is 9.77. The number of methoxy groups -OCH3 is 2. The largest absolute Gasteiger partial charge is 0.497 e. The van der Waals surface area contributed by atoms with Gasteiger partial charge in [-0.2, -0.15) is 0 Å². The maximum Gasteiger partial charge on any atom is 0.123 e. The Bertz CT molecular complexity index is 410. The van der Waals surface area contributed by atoms with E-state index in [1.165, 1.54) is 6.42 Å². The Kier molecular flexibility index (Phi) is 5.91. The molecule has 1 aromatic carbocycles. The van der Waals surface area contributed by atoms with E-state index in [0.717, 1.165) is 24.2 Å². The van der Waals surface area contributed by atoms with Gasteiger partial charge in [-0.1, -0.05) is 6.42 Å². The first-order valence-corrected chi connectivity index (χ1v) is 6.33. The molecule has 108 valence electrons. The van der Waals surface area contributed by atoms with Crippen LogP contribution >= 0.6 is 12.4 Å². The molecule has 0 aromatic heterocycles. The number of hydrogen-bond donors (Lipinski definition) is 2. The highest BCUT2D eigenvalue weighted by Gasteiger charge is 2.32. The number of aliphatic hydroxyl groups is 1. The fourth-order valence-electron chi connectivity index (χ4n) is 2.36. The Balaban J connectivity index is 0.00000180. The maximum absolute atomic E-state index is 10.3. The van der Waals surface area contributed by atoms with Crippen LogP contribution in [-0.2, 0) is 0 Å². The van der Waals surface area contributed by atoms with Crippen LogP contribution in [0.25, 0.3) is 0 Å². The fourth-order valence-corrected chi connectivity index (χ4v) is 2.36. The molecule has 19 heavy (non-hydrogen) atoms. The van der Waals surface area contributed by atoms with Gasteiger partial charge in [0.15, 0.2) is 0 Å². The molecule has 2 rings (SSSR count). The van der Waals surface area contributed by atoms with Gasteiger partial charge in [0.05, 0.1) is 26.4 Å². The molecule has 0 saturated heterocycles. The van der Waals surface area contributed by atoms with E-state index in [4.69, 9.17) is 15.2 Å². The molecule has 5 heteroatoms. The minimum absolute atomic E-state index is 0.